The smallest absolute Gasteiger partial charge is 0.217 e. The summed E-state index contributed by atoms with van der Waals surface area (Å²) in [5.41, 5.74) is 11.4. The van der Waals surface area contributed by atoms with Crippen LogP contribution in [0.2, 0.25) is 0 Å². The molecule has 4 N–H and O–H groups in total. The minimum atomic E-state index is -0.251. The van der Waals surface area contributed by atoms with Gasteiger partial charge in [-0.3, -0.25) is 4.79 Å². The molecule has 17 heavy (non-hydrogen) atoms. The van der Waals surface area contributed by atoms with E-state index in [1.807, 2.05) is 0 Å². The van der Waals surface area contributed by atoms with Crippen LogP contribution >= 0.6 is 11.3 Å². The summed E-state index contributed by atoms with van der Waals surface area (Å²) in [5, 5.41) is 0. The number of hydrogen-bond donors (Lipinski definition) is 2. The van der Waals surface area contributed by atoms with E-state index >= 15 is 0 Å². The average Bonchev–Trinajstić information content (AvgIpc) is 2.64. The van der Waals surface area contributed by atoms with Crippen LogP contribution in [0.15, 0.2) is 12.1 Å². The quantitative estimate of drug-likeness (QED) is 0.848. The monoisotopic (exact) mass is 254 g/mol. The topological polar surface area (TPSA) is 69.1 Å². The Labute approximate surface area is 107 Å². The van der Waals surface area contributed by atoms with Crippen LogP contribution < -0.4 is 11.5 Å². The number of amides is 1. The molecule has 4 heteroatoms. The first kappa shape index (κ1) is 14.2. The molecular weight excluding hydrogens is 232 g/mol. The molecule has 1 rings (SSSR count). The number of thiophene rings is 1. The molecule has 0 spiro atoms. The van der Waals surface area contributed by atoms with Crippen molar-refractivity contribution in [3.63, 3.8) is 0 Å². The highest BCUT2D eigenvalue weighted by molar-refractivity contribution is 7.12. The van der Waals surface area contributed by atoms with E-state index in [4.69, 9.17) is 11.5 Å². The number of hydrogen-bond acceptors (Lipinski definition) is 3. The standard InChI is InChI=1S/C13H22N2OS/c1-13(2,3)11-8-7-10(17-11)9(14)5-4-6-12(15)16/h7-9H,4-6,14H2,1-3H3,(H2,15,16). The SMILES string of the molecule is CC(C)(C)c1ccc(C(N)CCCC(N)=O)s1. The van der Waals surface area contributed by atoms with Crippen LogP contribution in [0, 0.1) is 0 Å². The van der Waals surface area contributed by atoms with Crippen molar-refractivity contribution in [3.05, 3.63) is 21.9 Å². The molecule has 0 aromatic carbocycles. The zero-order valence-corrected chi connectivity index (χ0v) is 11.6. The molecular formula is C13H22N2OS. The van der Waals surface area contributed by atoms with Crippen LogP contribution in [-0.4, -0.2) is 5.91 Å². The Hall–Kier alpha value is -0.870. The van der Waals surface area contributed by atoms with Crippen molar-refractivity contribution in [2.24, 2.45) is 11.5 Å². The molecule has 1 aromatic rings. The Morgan fingerprint density at radius 2 is 2.06 bits per heavy atom. The van der Waals surface area contributed by atoms with Crippen molar-refractivity contribution >= 4 is 17.2 Å². The molecule has 1 atom stereocenters. The second-order valence-electron chi connectivity index (χ2n) is 5.42. The summed E-state index contributed by atoms with van der Waals surface area (Å²) in [4.78, 5) is 13.2. The maximum atomic E-state index is 10.6. The molecule has 0 aliphatic rings. The molecule has 0 aliphatic heterocycles. The lowest BCUT2D eigenvalue weighted by atomic mass is 9.95. The second kappa shape index (κ2) is 5.65. The molecule has 0 saturated heterocycles. The van der Waals surface area contributed by atoms with E-state index in [9.17, 15) is 4.79 Å². The van der Waals surface area contributed by atoms with Gasteiger partial charge in [0, 0.05) is 22.2 Å². The Bertz CT molecular complexity index is 379. The predicted octanol–water partition coefficient (Wildman–Crippen LogP) is 2.70. The van der Waals surface area contributed by atoms with Crippen molar-refractivity contribution in [1.29, 1.82) is 0 Å². The number of rotatable bonds is 5. The molecule has 0 saturated carbocycles. The maximum Gasteiger partial charge on any atom is 0.217 e. The van der Waals surface area contributed by atoms with Crippen LogP contribution in [-0.2, 0) is 10.2 Å². The highest BCUT2D eigenvalue weighted by Crippen LogP contribution is 2.32. The van der Waals surface area contributed by atoms with Crippen molar-refractivity contribution in [2.75, 3.05) is 0 Å². The van der Waals surface area contributed by atoms with Gasteiger partial charge in [-0.25, -0.2) is 0 Å². The van der Waals surface area contributed by atoms with Gasteiger partial charge < -0.3 is 11.5 Å². The Morgan fingerprint density at radius 3 is 2.53 bits per heavy atom. The molecule has 0 bridgehead atoms. The number of nitrogens with two attached hydrogens (primary N) is 2. The van der Waals surface area contributed by atoms with E-state index in [0.29, 0.717) is 6.42 Å². The van der Waals surface area contributed by atoms with E-state index in [1.165, 1.54) is 9.75 Å². The van der Waals surface area contributed by atoms with E-state index in [2.05, 4.69) is 32.9 Å². The molecule has 1 unspecified atom stereocenters. The van der Waals surface area contributed by atoms with Crippen LogP contribution in [0.25, 0.3) is 0 Å². The fourth-order valence-electron chi connectivity index (χ4n) is 1.59. The van der Waals surface area contributed by atoms with Gasteiger partial charge in [0.2, 0.25) is 5.91 Å². The van der Waals surface area contributed by atoms with Crippen LogP contribution in [0.1, 0.15) is 55.8 Å². The maximum absolute atomic E-state index is 10.6. The molecule has 0 fully saturated rings. The van der Waals surface area contributed by atoms with Crippen LogP contribution in [0.5, 0.6) is 0 Å². The fourth-order valence-corrected chi connectivity index (χ4v) is 2.70. The summed E-state index contributed by atoms with van der Waals surface area (Å²) in [6, 6.07) is 4.27. The molecule has 3 nitrogen and oxygen atoms in total. The summed E-state index contributed by atoms with van der Waals surface area (Å²) >= 11 is 1.77. The Morgan fingerprint density at radius 1 is 1.41 bits per heavy atom. The molecule has 1 heterocycles. The predicted molar refractivity (Wildman–Crippen MR) is 73.0 cm³/mol. The first-order valence-corrected chi connectivity index (χ1v) is 6.76. The normalized spacial score (nSPS) is 13.6. The number of carbonyl (C=O) groups is 1. The minimum absolute atomic E-state index is 0.0236. The summed E-state index contributed by atoms with van der Waals surface area (Å²) in [6.45, 7) is 6.59. The number of primary amides is 1. The molecule has 1 amide bonds. The van der Waals surface area contributed by atoms with E-state index in [1.54, 1.807) is 11.3 Å². The molecule has 96 valence electrons. The van der Waals surface area contributed by atoms with Gasteiger partial charge in [-0.1, -0.05) is 20.8 Å². The fraction of sp³-hybridized carbons (Fsp3) is 0.615. The second-order valence-corrected chi connectivity index (χ2v) is 6.53. The van der Waals surface area contributed by atoms with E-state index in [-0.39, 0.29) is 17.4 Å². The largest absolute Gasteiger partial charge is 0.370 e. The first-order chi connectivity index (χ1) is 7.80. The highest BCUT2D eigenvalue weighted by atomic mass is 32.1. The zero-order chi connectivity index (χ0) is 13.1. The van der Waals surface area contributed by atoms with Crippen molar-refractivity contribution in [2.45, 2.75) is 51.5 Å². The van der Waals surface area contributed by atoms with E-state index < -0.39 is 0 Å². The van der Waals surface area contributed by atoms with Gasteiger partial charge >= 0.3 is 0 Å². The van der Waals surface area contributed by atoms with Gasteiger partial charge in [0.15, 0.2) is 0 Å². The lowest BCUT2D eigenvalue weighted by Crippen LogP contribution is -2.13. The first-order valence-electron chi connectivity index (χ1n) is 5.95. The van der Waals surface area contributed by atoms with Crippen molar-refractivity contribution < 1.29 is 4.79 Å². The number of carbonyl (C=O) groups excluding carboxylic acids is 1. The molecule has 1 aromatic heterocycles. The Balaban J connectivity index is 2.55. The summed E-state index contributed by atoms with van der Waals surface area (Å²) in [5.74, 6) is -0.251. The van der Waals surface area contributed by atoms with Crippen molar-refractivity contribution in [1.82, 2.24) is 0 Å². The molecule has 0 aliphatic carbocycles. The van der Waals surface area contributed by atoms with Crippen LogP contribution in [0.4, 0.5) is 0 Å². The zero-order valence-electron chi connectivity index (χ0n) is 10.8. The minimum Gasteiger partial charge on any atom is -0.370 e. The van der Waals surface area contributed by atoms with Gasteiger partial charge in [-0.15, -0.1) is 11.3 Å². The summed E-state index contributed by atoms with van der Waals surface area (Å²) < 4.78 is 0. The average molecular weight is 254 g/mol. The van der Waals surface area contributed by atoms with Crippen molar-refractivity contribution in [3.8, 4) is 0 Å². The van der Waals surface area contributed by atoms with Gasteiger partial charge in [0.1, 0.15) is 0 Å². The lowest BCUT2D eigenvalue weighted by Gasteiger charge is -2.15. The van der Waals surface area contributed by atoms with Gasteiger partial charge in [0.25, 0.3) is 0 Å². The van der Waals surface area contributed by atoms with Gasteiger partial charge in [0.05, 0.1) is 0 Å². The molecule has 0 radical (unpaired) electrons. The summed E-state index contributed by atoms with van der Waals surface area (Å²) in [6.07, 6.45) is 2.00. The third kappa shape index (κ3) is 4.48. The third-order valence-corrected chi connectivity index (χ3v) is 4.31. The van der Waals surface area contributed by atoms with Gasteiger partial charge in [-0.05, 0) is 30.4 Å². The lowest BCUT2D eigenvalue weighted by molar-refractivity contribution is -0.118. The third-order valence-electron chi connectivity index (χ3n) is 2.67. The van der Waals surface area contributed by atoms with E-state index in [0.717, 1.165) is 12.8 Å². The highest BCUT2D eigenvalue weighted by Gasteiger charge is 2.18. The Kier molecular flexibility index (Phi) is 4.71. The van der Waals surface area contributed by atoms with Crippen LogP contribution in [0.3, 0.4) is 0 Å². The summed E-state index contributed by atoms with van der Waals surface area (Å²) in [7, 11) is 0. The van der Waals surface area contributed by atoms with Gasteiger partial charge in [-0.2, -0.15) is 0 Å².